The van der Waals surface area contributed by atoms with Gasteiger partial charge in [-0.25, -0.2) is 13.9 Å². The fourth-order valence-corrected chi connectivity index (χ4v) is 1.74. The van der Waals surface area contributed by atoms with Crippen LogP contribution in [0, 0.1) is 11.6 Å². The molecule has 96 valence electrons. The second-order valence-corrected chi connectivity index (χ2v) is 5.14. The van der Waals surface area contributed by atoms with Gasteiger partial charge in [-0.15, -0.1) is 0 Å². The first kappa shape index (κ1) is 14.0. The van der Waals surface area contributed by atoms with Crippen molar-refractivity contribution in [2.24, 2.45) is 5.14 Å². The van der Waals surface area contributed by atoms with Crippen LogP contribution in [0.1, 0.15) is 12.5 Å². The molecule has 0 fully saturated rings. The Balaban J connectivity index is 2.96. The SMILES string of the molecule is CC(O)(CNS(N)(=O)=O)c1ccc(F)cc1F. The number of hydrogen-bond donors (Lipinski definition) is 3. The molecule has 1 aromatic rings. The molecule has 0 radical (unpaired) electrons. The van der Waals surface area contributed by atoms with Crippen molar-refractivity contribution >= 4 is 10.2 Å². The smallest absolute Gasteiger partial charge is 0.274 e. The number of aliphatic hydroxyl groups is 1. The van der Waals surface area contributed by atoms with E-state index in [2.05, 4.69) is 5.14 Å². The summed E-state index contributed by atoms with van der Waals surface area (Å²) in [6.45, 7) is 0.663. The Morgan fingerprint density at radius 2 is 2.06 bits per heavy atom. The summed E-state index contributed by atoms with van der Waals surface area (Å²) in [6.07, 6.45) is 0. The maximum Gasteiger partial charge on any atom is 0.274 e. The zero-order valence-electron chi connectivity index (χ0n) is 8.94. The summed E-state index contributed by atoms with van der Waals surface area (Å²) >= 11 is 0. The van der Waals surface area contributed by atoms with Gasteiger partial charge in [0.2, 0.25) is 0 Å². The molecule has 0 saturated carbocycles. The molecule has 1 atom stereocenters. The van der Waals surface area contributed by atoms with Gasteiger partial charge >= 0.3 is 0 Å². The molecule has 0 aliphatic rings. The Morgan fingerprint density at radius 3 is 2.53 bits per heavy atom. The van der Waals surface area contributed by atoms with Crippen LogP contribution in [0.5, 0.6) is 0 Å². The summed E-state index contributed by atoms with van der Waals surface area (Å²) in [4.78, 5) is 0. The van der Waals surface area contributed by atoms with Crippen molar-refractivity contribution in [3.05, 3.63) is 35.4 Å². The van der Waals surface area contributed by atoms with E-state index in [1.807, 2.05) is 4.72 Å². The van der Waals surface area contributed by atoms with Gasteiger partial charge < -0.3 is 5.11 Å². The fourth-order valence-electron chi connectivity index (χ4n) is 1.26. The van der Waals surface area contributed by atoms with Crippen LogP contribution in [-0.4, -0.2) is 20.1 Å². The van der Waals surface area contributed by atoms with E-state index in [9.17, 15) is 22.3 Å². The van der Waals surface area contributed by atoms with Crippen molar-refractivity contribution in [1.29, 1.82) is 0 Å². The predicted octanol–water partition coefficient (Wildman–Crippen LogP) is -0.0346. The van der Waals surface area contributed by atoms with Crippen molar-refractivity contribution in [3.63, 3.8) is 0 Å². The summed E-state index contributed by atoms with van der Waals surface area (Å²) < 4.78 is 49.2. The molecular formula is C9H12F2N2O3S. The molecule has 1 unspecified atom stereocenters. The minimum Gasteiger partial charge on any atom is -0.384 e. The quantitative estimate of drug-likeness (QED) is 0.714. The lowest BCUT2D eigenvalue weighted by Gasteiger charge is -2.24. The molecule has 4 N–H and O–H groups in total. The predicted molar refractivity (Wildman–Crippen MR) is 57.0 cm³/mol. The summed E-state index contributed by atoms with van der Waals surface area (Å²) in [7, 11) is -3.99. The Hall–Kier alpha value is -1.09. The van der Waals surface area contributed by atoms with Crippen LogP contribution in [0.4, 0.5) is 8.78 Å². The lowest BCUT2D eigenvalue weighted by atomic mass is 9.96. The lowest BCUT2D eigenvalue weighted by molar-refractivity contribution is 0.0588. The monoisotopic (exact) mass is 266 g/mol. The first-order chi connectivity index (χ1) is 7.62. The van der Waals surface area contributed by atoms with E-state index < -0.39 is 34.0 Å². The molecule has 8 heteroatoms. The molecule has 0 bridgehead atoms. The van der Waals surface area contributed by atoms with E-state index in [-0.39, 0.29) is 5.56 Å². The van der Waals surface area contributed by atoms with Crippen molar-refractivity contribution in [1.82, 2.24) is 4.72 Å². The molecule has 0 amide bonds. The fraction of sp³-hybridized carbons (Fsp3) is 0.333. The Morgan fingerprint density at radius 1 is 1.47 bits per heavy atom. The van der Waals surface area contributed by atoms with E-state index >= 15 is 0 Å². The zero-order chi connectivity index (χ0) is 13.3. The van der Waals surface area contributed by atoms with Crippen LogP contribution < -0.4 is 9.86 Å². The zero-order valence-corrected chi connectivity index (χ0v) is 9.76. The molecule has 0 saturated heterocycles. The average molecular weight is 266 g/mol. The molecule has 0 aliphatic heterocycles. The summed E-state index contributed by atoms with van der Waals surface area (Å²) in [5.74, 6) is -1.76. The second kappa shape index (κ2) is 4.65. The highest BCUT2D eigenvalue weighted by atomic mass is 32.2. The second-order valence-electron chi connectivity index (χ2n) is 3.76. The highest BCUT2D eigenvalue weighted by molar-refractivity contribution is 7.87. The van der Waals surface area contributed by atoms with Gasteiger partial charge in [-0.3, -0.25) is 0 Å². The standard InChI is InChI=1S/C9H12F2N2O3S/c1-9(14,5-13-17(12,15)16)7-3-2-6(10)4-8(7)11/h2-4,13-14H,5H2,1H3,(H2,12,15,16). The van der Waals surface area contributed by atoms with Crippen molar-refractivity contribution in [2.75, 3.05) is 6.54 Å². The molecule has 0 aliphatic carbocycles. The highest BCUT2D eigenvalue weighted by Crippen LogP contribution is 2.23. The van der Waals surface area contributed by atoms with Crippen molar-refractivity contribution < 1.29 is 22.3 Å². The third-order valence-corrected chi connectivity index (χ3v) is 2.68. The molecular weight excluding hydrogens is 254 g/mol. The summed E-state index contributed by atoms with van der Waals surface area (Å²) in [5, 5.41) is 14.6. The highest BCUT2D eigenvalue weighted by Gasteiger charge is 2.27. The van der Waals surface area contributed by atoms with Gasteiger partial charge in [0.15, 0.2) is 0 Å². The van der Waals surface area contributed by atoms with Gasteiger partial charge in [-0.1, -0.05) is 6.07 Å². The van der Waals surface area contributed by atoms with E-state index in [1.54, 1.807) is 0 Å². The van der Waals surface area contributed by atoms with Gasteiger partial charge in [0.25, 0.3) is 10.2 Å². The maximum atomic E-state index is 13.4. The van der Waals surface area contributed by atoms with Gasteiger partial charge in [0, 0.05) is 18.2 Å². The normalized spacial score (nSPS) is 15.6. The molecule has 0 aromatic heterocycles. The van der Waals surface area contributed by atoms with Crippen molar-refractivity contribution in [2.45, 2.75) is 12.5 Å². The summed E-state index contributed by atoms with van der Waals surface area (Å²) in [6, 6.07) is 2.60. The molecule has 5 nitrogen and oxygen atoms in total. The van der Waals surface area contributed by atoms with Gasteiger partial charge in [0.1, 0.15) is 17.2 Å². The molecule has 1 aromatic carbocycles. The van der Waals surface area contributed by atoms with E-state index in [0.29, 0.717) is 6.07 Å². The van der Waals surface area contributed by atoms with E-state index in [0.717, 1.165) is 12.1 Å². The number of nitrogens with two attached hydrogens (primary N) is 1. The lowest BCUT2D eigenvalue weighted by Crippen LogP contribution is -2.42. The van der Waals surface area contributed by atoms with Crippen LogP contribution >= 0.6 is 0 Å². The van der Waals surface area contributed by atoms with Gasteiger partial charge in [-0.05, 0) is 13.0 Å². The number of hydrogen-bond acceptors (Lipinski definition) is 3. The van der Waals surface area contributed by atoms with Crippen LogP contribution in [0.3, 0.4) is 0 Å². The molecule has 0 heterocycles. The Kier molecular flexibility index (Phi) is 3.82. The van der Waals surface area contributed by atoms with E-state index in [1.165, 1.54) is 6.92 Å². The first-order valence-corrected chi connectivity index (χ1v) is 6.12. The first-order valence-electron chi connectivity index (χ1n) is 4.57. The number of benzene rings is 1. The number of rotatable bonds is 4. The van der Waals surface area contributed by atoms with Crippen LogP contribution in [0.2, 0.25) is 0 Å². The molecule has 17 heavy (non-hydrogen) atoms. The third kappa shape index (κ3) is 4.00. The minimum absolute atomic E-state index is 0.227. The minimum atomic E-state index is -3.99. The maximum absolute atomic E-state index is 13.4. The number of nitrogens with one attached hydrogen (secondary N) is 1. The topological polar surface area (TPSA) is 92.4 Å². The van der Waals surface area contributed by atoms with Gasteiger partial charge in [-0.2, -0.15) is 13.1 Å². The van der Waals surface area contributed by atoms with Crippen LogP contribution in [0.15, 0.2) is 18.2 Å². The van der Waals surface area contributed by atoms with E-state index in [4.69, 9.17) is 0 Å². The largest absolute Gasteiger partial charge is 0.384 e. The molecule has 0 spiro atoms. The van der Waals surface area contributed by atoms with Crippen LogP contribution in [-0.2, 0) is 15.8 Å². The van der Waals surface area contributed by atoms with Crippen LogP contribution in [0.25, 0.3) is 0 Å². The molecule has 1 rings (SSSR count). The number of halogens is 2. The summed E-state index contributed by atoms with van der Waals surface area (Å²) in [5.41, 5.74) is -2.06. The average Bonchev–Trinajstić information content (AvgIpc) is 2.13. The van der Waals surface area contributed by atoms with Crippen molar-refractivity contribution in [3.8, 4) is 0 Å². The Labute approximate surface area is 97.4 Å². The van der Waals surface area contributed by atoms with Gasteiger partial charge in [0.05, 0.1) is 0 Å². The third-order valence-electron chi connectivity index (χ3n) is 2.13. The Bertz CT molecular complexity index is 517.